The third-order valence-electron chi connectivity index (χ3n) is 12.0. The van der Waals surface area contributed by atoms with Gasteiger partial charge in [0.15, 0.2) is 0 Å². The molecule has 0 saturated heterocycles. The van der Waals surface area contributed by atoms with Crippen molar-refractivity contribution in [3.8, 4) is 33.4 Å². The van der Waals surface area contributed by atoms with Crippen LogP contribution < -0.4 is 9.80 Å². The molecular formula is C60H42N2. The fourth-order valence-electron chi connectivity index (χ4n) is 9.00. The Morgan fingerprint density at radius 1 is 0.226 bits per heavy atom. The van der Waals surface area contributed by atoms with Gasteiger partial charge in [-0.1, -0.05) is 194 Å². The van der Waals surface area contributed by atoms with E-state index in [0.29, 0.717) is 0 Å². The van der Waals surface area contributed by atoms with Crippen molar-refractivity contribution >= 4 is 66.4 Å². The van der Waals surface area contributed by atoms with Crippen LogP contribution in [0.25, 0.3) is 65.7 Å². The van der Waals surface area contributed by atoms with Crippen molar-refractivity contribution in [1.29, 1.82) is 0 Å². The highest BCUT2D eigenvalue weighted by Gasteiger charge is 2.23. The minimum absolute atomic E-state index is 1.10. The molecule has 0 bridgehead atoms. The minimum atomic E-state index is 1.10. The van der Waals surface area contributed by atoms with E-state index in [1.807, 2.05) is 0 Å². The van der Waals surface area contributed by atoms with E-state index in [4.69, 9.17) is 0 Å². The Bertz CT molecular complexity index is 3350. The first kappa shape index (κ1) is 36.8. The molecule has 0 saturated carbocycles. The monoisotopic (exact) mass is 790 g/mol. The van der Waals surface area contributed by atoms with Crippen molar-refractivity contribution in [2.45, 2.75) is 0 Å². The van der Waals surface area contributed by atoms with E-state index >= 15 is 0 Å². The van der Waals surface area contributed by atoms with E-state index in [-0.39, 0.29) is 0 Å². The molecule has 0 aromatic heterocycles. The van der Waals surface area contributed by atoms with Crippen LogP contribution in [0.2, 0.25) is 0 Å². The van der Waals surface area contributed by atoms with Crippen LogP contribution in [0.3, 0.4) is 0 Å². The van der Waals surface area contributed by atoms with Crippen LogP contribution in [-0.2, 0) is 0 Å². The van der Waals surface area contributed by atoms with Crippen LogP contribution in [0.4, 0.5) is 34.1 Å². The number of fused-ring (bicyclic) bond motifs is 3. The molecule has 0 aliphatic rings. The summed E-state index contributed by atoms with van der Waals surface area (Å²) in [6.07, 6.45) is 0. The normalized spacial score (nSPS) is 11.2. The maximum Gasteiger partial charge on any atom is 0.0546 e. The van der Waals surface area contributed by atoms with E-state index in [9.17, 15) is 0 Å². The van der Waals surface area contributed by atoms with Gasteiger partial charge in [-0.3, -0.25) is 0 Å². The number of para-hydroxylation sites is 2. The van der Waals surface area contributed by atoms with Crippen molar-refractivity contribution in [2.24, 2.45) is 0 Å². The van der Waals surface area contributed by atoms with Crippen molar-refractivity contribution in [3.63, 3.8) is 0 Å². The van der Waals surface area contributed by atoms with Gasteiger partial charge in [0.05, 0.1) is 11.4 Å². The Balaban J connectivity index is 1.02. The summed E-state index contributed by atoms with van der Waals surface area (Å²) in [7, 11) is 0. The van der Waals surface area contributed by atoms with Gasteiger partial charge in [0.25, 0.3) is 0 Å². The number of rotatable bonds is 9. The lowest BCUT2D eigenvalue weighted by Crippen LogP contribution is -2.12. The van der Waals surface area contributed by atoms with Crippen LogP contribution in [0.5, 0.6) is 0 Å². The van der Waals surface area contributed by atoms with Gasteiger partial charge in [-0.15, -0.1) is 0 Å². The Labute approximate surface area is 362 Å². The highest BCUT2D eigenvalue weighted by atomic mass is 15.2. The van der Waals surface area contributed by atoms with Crippen LogP contribution >= 0.6 is 0 Å². The molecule has 0 aliphatic carbocycles. The molecule has 2 nitrogen and oxygen atoms in total. The summed E-state index contributed by atoms with van der Waals surface area (Å²) < 4.78 is 0. The van der Waals surface area contributed by atoms with E-state index in [1.54, 1.807) is 0 Å². The standard InChI is InChI=1S/C60H42N2/c1-3-19-48(20-4-1)60-57-28-12-11-18-46(57)36-39-59(60)62(55-38-35-44-17-8-10-22-50(44)42-55)58-29-14-13-27-56(58)47-32-30-45(31-33-47)51-23-15-26-53(40-51)61(52-24-5-2-6-25-52)54-37-34-43-16-7-9-21-49(43)41-54/h1-42H. The number of hydrogen-bond donors (Lipinski definition) is 0. The molecule has 0 aliphatic heterocycles. The molecule has 0 atom stereocenters. The SMILES string of the molecule is c1ccc(-c2c(N(c3ccc4ccccc4c3)c3ccccc3-c3ccc(-c4cccc(N(c5ccccc5)c5ccc6ccccc6c5)c4)cc3)ccc3ccccc23)cc1. The third kappa shape index (κ3) is 6.94. The fourth-order valence-corrected chi connectivity index (χ4v) is 9.00. The summed E-state index contributed by atoms with van der Waals surface area (Å²) >= 11 is 0. The summed E-state index contributed by atoms with van der Waals surface area (Å²) in [6, 6.07) is 92.2. The summed E-state index contributed by atoms with van der Waals surface area (Å²) in [6.45, 7) is 0. The first-order valence-electron chi connectivity index (χ1n) is 21.3. The van der Waals surface area contributed by atoms with E-state index in [1.165, 1.54) is 43.4 Å². The summed E-state index contributed by atoms with van der Waals surface area (Å²) in [5.74, 6) is 0. The van der Waals surface area contributed by atoms with Gasteiger partial charge < -0.3 is 9.80 Å². The molecule has 62 heavy (non-hydrogen) atoms. The lowest BCUT2D eigenvalue weighted by Gasteiger charge is -2.31. The summed E-state index contributed by atoms with van der Waals surface area (Å²) in [5, 5.41) is 7.30. The van der Waals surface area contributed by atoms with E-state index in [0.717, 1.165) is 56.4 Å². The van der Waals surface area contributed by atoms with Gasteiger partial charge in [0, 0.05) is 33.9 Å². The Morgan fingerprint density at radius 3 is 1.44 bits per heavy atom. The molecule has 292 valence electrons. The van der Waals surface area contributed by atoms with Gasteiger partial charge >= 0.3 is 0 Å². The second-order valence-electron chi connectivity index (χ2n) is 15.8. The lowest BCUT2D eigenvalue weighted by molar-refractivity contribution is 1.29. The average molecular weight is 791 g/mol. The molecule has 0 N–H and O–H groups in total. The molecule has 0 spiro atoms. The second-order valence-corrected chi connectivity index (χ2v) is 15.8. The van der Waals surface area contributed by atoms with Crippen LogP contribution in [0.1, 0.15) is 0 Å². The van der Waals surface area contributed by atoms with E-state index in [2.05, 4.69) is 265 Å². The third-order valence-corrected chi connectivity index (χ3v) is 12.0. The van der Waals surface area contributed by atoms with E-state index < -0.39 is 0 Å². The van der Waals surface area contributed by atoms with Crippen LogP contribution in [0, 0.1) is 0 Å². The highest BCUT2D eigenvalue weighted by Crippen LogP contribution is 2.48. The Kier molecular flexibility index (Phi) is 9.57. The molecule has 11 rings (SSSR count). The quantitative estimate of drug-likeness (QED) is 0.144. The zero-order valence-electron chi connectivity index (χ0n) is 34.1. The van der Waals surface area contributed by atoms with Gasteiger partial charge in [-0.2, -0.15) is 0 Å². The fraction of sp³-hybridized carbons (Fsp3) is 0. The van der Waals surface area contributed by atoms with Gasteiger partial charge in [0.1, 0.15) is 0 Å². The molecule has 0 amide bonds. The summed E-state index contributed by atoms with van der Waals surface area (Å²) in [4.78, 5) is 4.80. The zero-order chi connectivity index (χ0) is 41.2. The van der Waals surface area contributed by atoms with Crippen molar-refractivity contribution in [3.05, 3.63) is 255 Å². The minimum Gasteiger partial charge on any atom is -0.310 e. The second kappa shape index (κ2) is 16.1. The number of anilines is 6. The maximum absolute atomic E-state index is 2.46. The van der Waals surface area contributed by atoms with Crippen LogP contribution in [0.15, 0.2) is 255 Å². The number of nitrogens with zero attached hydrogens (tertiary/aromatic N) is 2. The largest absolute Gasteiger partial charge is 0.310 e. The first-order valence-corrected chi connectivity index (χ1v) is 21.3. The predicted octanol–water partition coefficient (Wildman–Crippen LogP) is 17.1. The highest BCUT2D eigenvalue weighted by molar-refractivity contribution is 6.07. The van der Waals surface area contributed by atoms with Crippen molar-refractivity contribution < 1.29 is 0 Å². The number of benzene rings is 11. The topological polar surface area (TPSA) is 6.48 Å². The van der Waals surface area contributed by atoms with Gasteiger partial charge in [0.2, 0.25) is 0 Å². The predicted molar refractivity (Wildman–Crippen MR) is 265 cm³/mol. The molecular weight excluding hydrogens is 749 g/mol. The van der Waals surface area contributed by atoms with Crippen LogP contribution in [-0.4, -0.2) is 0 Å². The molecule has 2 heteroatoms. The molecule has 0 radical (unpaired) electrons. The summed E-state index contributed by atoms with van der Waals surface area (Å²) in [5.41, 5.74) is 13.7. The number of hydrogen-bond acceptors (Lipinski definition) is 2. The lowest BCUT2D eigenvalue weighted by atomic mass is 9.94. The van der Waals surface area contributed by atoms with Crippen molar-refractivity contribution in [1.82, 2.24) is 0 Å². The van der Waals surface area contributed by atoms with Crippen molar-refractivity contribution in [2.75, 3.05) is 9.80 Å². The Morgan fingerprint density at radius 2 is 0.726 bits per heavy atom. The maximum atomic E-state index is 2.46. The zero-order valence-corrected chi connectivity index (χ0v) is 34.1. The molecule has 0 unspecified atom stereocenters. The molecule has 0 fully saturated rings. The van der Waals surface area contributed by atoms with Gasteiger partial charge in [-0.05, 0) is 115 Å². The molecule has 11 aromatic rings. The van der Waals surface area contributed by atoms with Gasteiger partial charge in [-0.25, -0.2) is 0 Å². The first-order chi connectivity index (χ1) is 30.7. The Hall–Kier alpha value is -8.20. The average Bonchev–Trinajstić information content (AvgIpc) is 3.35. The molecule has 11 aromatic carbocycles. The molecule has 0 heterocycles. The smallest absolute Gasteiger partial charge is 0.0546 e.